The van der Waals surface area contributed by atoms with Gasteiger partial charge in [-0.1, -0.05) is 0 Å². The molecule has 1 atom stereocenters. The molecular formula is C12H20N4O4. The molecule has 8 heteroatoms. The average Bonchev–Trinajstić information content (AvgIpc) is 2.83. The minimum atomic E-state index is -0.396. The molecule has 0 spiro atoms. The minimum Gasteiger partial charge on any atom is -0.469 e. The van der Waals surface area contributed by atoms with Crippen LogP contribution in [0, 0.1) is 0 Å². The van der Waals surface area contributed by atoms with E-state index in [-0.39, 0.29) is 18.4 Å². The molecule has 0 saturated heterocycles. The van der Waals surface area contributed by atoms with Gasteiger partial charge in [0.1, 0.15) is 0 Å². The van der Waals surface area contributed by atoms with Crippen molar-refractivity contribution in [2.45, 2.75) is 25.9 Å². The molecule has 1 aromatic rings. The molecule has 0 aliphatic carbocycles. The Kier molecular flexibility index (Phi) is 6.51. The number of carbonyl (C=O) groups excluding carboxylic acids is 2. The molecule has 1 rings (SSSR count). The lowest BCUT2D eigenvalue weighted by Gasteiger charge is -2.12. The third kappa shape index (κ3) is 5.70. The second-order valence-corrected chi connectivity index (χ2v) is 4.26. The first-order valence-electron chi connectivity index (χ1n) is 6.21. The molecule has 0 fully saturated rings. The van der Waals surface area contributed by atoms with Crippen LogP contribution in [0.15, 0.2) is 12.4 Å². The number of rotatable bonds is 7. The van der Waals surface area contributed by atoms with E-state index in [2.05, 4.69) is 20.5 Å². The predicted octanol–water partition coefficient (Wildman–Crippen LogP) is 0.603. The summed E-state index contributed by atoms with van der Waals surface area (Å²) in [5, 5.41) is 9.34. The third-order valence-corrected chi connectivity index (χ3v) is 2.49. The van der Waals surface area contributed by atoms with E-state index in [0.717, 1.165) is 0 Å². The fraction of sp³-hybridized carbons (Fsp3) is 0.583. The standard InChI is InChI=1S/C12H20N4O4/c1-9(6-11(17)20-3)14-12(18)15-10-7-13-16(8-10)4-5-19-2/h7-9H,4-6H2,1-3H3,(H2,14,15,18)/t9-/m1/s1. The van der Waals surface area contributed by atoms with E-state index in [0.29, 0.717) is 18.8 Å². The molecule has 20 heavy (non-hydrogen) atoms. The number of methoxy groups -OCH3 is 2. The minimum absolute atomic E-state index is 0.122. The molecule has 1 aromatic heterocycles. The number of anilines is 1. The topological polar surface area (TPSA) is 94.5 Å². The summed E-state index contributed by atoms with van der Waals surface area (Å²) < 4.78 is 11.1. The summed E-state index contributed by atoms with van der Waals surface area (Å²) in [4.78, 5) is 22.7. The number of carbonyl (C=O) groups is 2. The third-order valence-electron chi connectivity index (χ3n) is 2.49. The zero-order valence-corrected chi connectivity index (χ0v) is 11.9. The van der Waals surface area contributed by atoms with Crippen LogP contribution in [0.5, 0.6) is 0 Å². The molecule has 1 heterocycles. The Bertz CT molecular complexity index is 446. The maximum Gasteiger partial charge on any atom is 0.319 e. The van der Waals surface area contributed by atoms with Crippen LogP contribution in [0.1, 0.15) is 13.3 Å². The van der Waals surface area contributed by atoms with Crippen LogP contribution in [-0.2, 0) is 20.8 Å². The Morgan fingerprint density at radius 3 is 2.85 bits per heavy atom. The van der Waals surface area contributed by atoms with Gasteiger partial charge in [-0.15, -0.1) is 0 Å². The van der Waals surface area contributed by atoms with Gasteiger partial charge in [0, 0.05) is 19.3 Å². The van der Waals surface area contributed by atoms with Gasteiger partial charge in [-0.25, -0.2) is 4.79 Å². The first-order valence-corrected chi connectivity index (χ1v) is 6.21. The summed E-state index contributed by atoms with van der Waals surface area (Å²) in [6, 6.07) is -0.710. The largest absolute Gasteiger partial charge is 0.469 e. The maximum absolute atomic E-state index is 11.7. The molecule has 2 N–H and O–H groups in total. The number of nitrogens with one attached hydrogen (secondary N) is 2. The average molecular weight is 284 g/mol. The lowest BCUT2D eigenvalue weighted by Crippen LogP contribution is -2.37. The van der Waals surface area contributed by atoms with Gasteiger partial charge in [0.2, 0.25) is 0 Å². The molecule has 2 amide bonds. The Morgan fingerprint density at radius 2 is 2.20 bits per heavy atom. The monoisotopic (exact) mass is 284 g/mol. The van der Waals surface area contributed by atoms with Gasteiger partial charge < -0.3 is 20.1 Å². The number of hydrogen-bond donors (Lipinski definition) is 2. The Morgan fingerprint density at radius 1 is 1.45 bits per heavy atom. The number of amides is 2. The molecule has 8 nitrogen and oxygen atoms in total. The quantitative estimate of drug-likeness (QED) is 0.715. The molecule has 0 aromatic carbocycles. The lowest BCUT2D eigenvalue weighted by atomic mass is 10.2. The second kappa shape index (κ2) is 8.16. The SMILES string of the molecule is COCCn1cc(NC(=O)N[C@H](C)CC(=O)OC)cn1. The Labute approximate surface area is 117 Å². The van der Waals surface area contributed by atoms with Gasteiger partial charge in [0.05, 0.1) is 38.6 Å². The zero-order chi connectivity index (χ0) is 15.0. The van der Waals surface area contributed by atoms with Gasteiger partial charge in [-0.05, 0) is 6.92 Å². The summed E-state index contributed by atoms with van der Waals surface area (Å²) >= 11 is 0. The highest BCUT2D eigenvalue weighted by Crippen LogP contribution is 2.04. The van der Waals surface area contributed by atoms with Crippen molar-refractivity contribution in [2.75, 3.05) is 26.1 Å². The first-order chi connectivity index (χ1) is 9.55. The zero-order valence-electron chi connectivity index (χ0n) is 11.9. The fourth-order valence-corrected chi connectivity index (χ4v) is 1.51. The fourth-order valence-electron chi connectivity index (χ4n) is 1.51. The summed E-state index contributed by atoms with van der Waals surface area (Å²) in [6.07, 6.45) is 3.36. The maximum atomic E-state index is 11.7. The Balaban J connectivity index is 2.38. The predicted molar refractivity (Wildman–Crippen MR) is 72.4 cm³/mol. The van der Waals surface area contributed by atoms with Crippen molar-refractivity contribution >= 4 is 17.7 Å². The van der Waals surface area contributed by atoms with E-state index in [4.69, 9.17) is 4.74 Å². The van der Waals surface area contributed by atoms with Crippen LogP contribution in [0.2, 0.25) is 0 Å². The number of esters is 1. The van der Waals surface area contributed by atoms with Crippen molar-refractivity contribution < 1.29 is 19.1 Å². The summed E-state index contributed by atoms with van der Waals surface area (Å²) in [5.74, 6) is -0.370. The molecule has 0 saturated carbocycles. The van der Waals surface area contributed by atoms with Crippen LogP contribution in [0.25, 0.3) is 0 Å². The molecule has 0 unspecified atom stereocenters. The van der Waals surface area contributed by atoms with Gasteiger partial charge >= 0.3 is 12.0 Å². The van der Waals surface area contributed by atoms with Gasteiger partial charge in [0.15, 0.2) is 0 Å². The van der Waals surface area contributed by atoms with Crippen molar-refractivity contribution in [1.29, 1.82) is 0 Å². The van der Waals surface area contributed by atoms with E-state index >= 15 is 0 Å². The highest BCUT2D eigenvalue weighted by atomic mass is 16.5. The summed E-state index contributed by atoms with van der Waals surface area (Å²) in [7, 11) is 2.92. The van der Waals surface area contributed by atoms with E-state index in [1.165, 1.54) is 7.11 Å². The van der Waals surface area contributed by atoms with E-state index < -0.39 is 6.03 Å². The van der Waals surface area contributed by atoms with E-state index in [9.17, 15) is 9.59 Å². The van der Waals surface area contributed by atoms with Crippen LogP contribution in [-0.4, -0.2) is 48.6 Å². The normalized spacial score (nSPS) is 11.8. The summed E-state index contributed by atoms with van der Waals surface area (Å²) in [6.45, 7) is 2.88. The van der Waals surface area contributed by atoms with Crippen LogP contribution < -0.4 is 10.6 Å². The summed E-state index contributed by atoms with van der Waals surface area (Å²) in [5.41, 5.74) is 0.573. The van der Waals surface area contributed by atoms with Crippen molar-refractivity contribution in [3.63, 3.8) is 0 Å². The number of hydrogen-bond acceptors (Lipinski definition) is 5. The molecular weight excluding hydrogens is 264 g/mol. The first kappa shape index (κ1) is 16.0. The van der Waals surface area contributed by atoms with E-state index in [1.54, 1.807) is 31.1 Å². The van der Waals surface area contributed by atoms with E-state index in [1.807, 2.05) is 0 Å². The number of urea groups is 1. The van der Waals surface area contributed by atoms with Gasteiger partial charge in [-0.2, -0.15) is 5.10 Å². The molecule has 112 valence electrons. The second-order valence-electron chi connectivity index (χ2n) is 4.26. The number of nitrogens with zero attached hydrogens (tertiary/aromatic N) is 2. The smallest absolute Gasteiger partial charge is 0.319 e. The number of ether oxygens (including phenoxy) is 2. The van der Waals surface area contributed by atoms with Crippen LogP contribution in [0.3, 0.4) is 0 Å². The Hall–Kier alpha value is -2.09. The van der Waals surface area contributed by atoms with Crippen molar-refractivity contribution in [1.82, 2.24) is 15.1 Å². The number of aromatic nitrogens is 2. The van der Waals surface area contributed by atoms with Crippen molar-refractivity contribution in [2.24, 2.45) is 0 Å². The highest BCUT2D eigenvalue weighted by molar-refractivity contribution is 5.89. The van der Waals surface area contributed by atoms with Gasteiger partial charge in [0.25, 0.3) is 0 Å². The molecule has 0 radical (unpaired) electrons. The van der Waals surface area contributed by atoms with Gasteiger partial charge in [-0.3, -0.25) is 9.48 Å². The lowest BCUT2D eigenvalue weighted by molar-refractivity contribution is -0.141. The van der Waals surface area contributed by atoms with Crippen LogP contribution in [0.4, 0.5) is 10.5 Å². The van der Waals surface area contributed by atoms with Crippen molar-refractivity contribution in [3.8, 4) is 0 Å². The van der Waals surface area contributed by atoms with Crippen LogP contribution >= 0.6 is 0 Å². The van der Waals surface area contributed by atoms with Crippen molar-refractivity contribution in [3.05, 3.63) is 12.4 Å². The highest BCUT2D eigenvalue weighted by Gasteiger charge is 2.12. The molecule has 0 aliphatic heterocycles. The molecule has 0 aliphatic rings. The molecule has 0 bridgehead atoms.